The second-order valence-electron chi connectivity index (χ2n) is 10.7. The average Bonchev–Trinajstić information content (AvgIpc) is 3.47. The Labute approximate surface area is 267 Å². The average molecular weight is 652 g/mol. The third-order valence-corrected chi connectivity index (χ3v) is 8.12. The van der Waals surface area contributed by atoms with Crippen molar-refractivity contribution in [3.05, 3.63) is 94.8 Å². The Kier molecular flexibility index (Phi) is 10.1. The molecule has 0 unspecified atom stereocenters. The van der Waals surface area contributed by atoms with Crippen LogP contribution in [-0.2, 0) is 32.2 Å². The molecule has 2 N–H and O–H groups in total. The van der Waals surface area contributed by atoms with Gasteiger partial charge in [0.2, 0.25) is 5.91 Å². The van der Waals surface area contributed by atoms with E-state index >= 15 is 0 Å². The van der Waals surface area contributed by atoms with Gasteiger partial charge >= 0.3 is 6.03 Å². The van der Waals surface area contributed by atoms with Crippen LogP contribution in [0.1, 0.15) is 36.0 Å². The molecule has 11 nitrogen and oxygen atoms in total. The highest BCUT2D eigenvalue weighted by Crippen LogP contribution is 2.36. The first-order valence-corrected chi connectivity index (χ1v) is 16.6. The predicted octanol–water partition coefficient (Wildman–Crippen LogP) is 5.71. The highest BCUT2D eigenvalue weighted by atomic mass is 35.5. The standard InChI is InChI=1S/C32H34ClN5O6S/c1-22-28(33)12-5-14-30(22)43-17-7-15-31(39)38-16-6-11-27-26(10-4-13-29(27)38)24-19-34-37(21-24)20-23-8-3-9-25(18-23)35-32(40)36-44-45(2,41)42/h3-5,8-10,12-14,18-19,21H,6-7,11,15-17,20H2,1-2H3,(H2,35,36,40). The third-order valence-electron chi connectivity index (χ3n) is 7.32. The Morgan fingerprint density at radius 2 is 1.89 bits per heavy atom. The maximum absolute atomic E-state index is 13.3. The number of carbonyl (C=O) groups excluding carboxylic acids is 2. The van der Waals surface area contributed by atoms with Crippen LogP contribution in [0, 0.1) is 6.92 Å². The first kappa shape index (κ1) is 32.0. The molecule has 1 aromatic heterocycles. The summed E-state index contributed by atoms with van der Waals surface area (Å²) in [5, 5.41) is 7.74. The Hall–Kier alpha value is -4.39. The Morgan fingerprint density at radius 3 is 2.71 bits per heavy atom. The first-order chi connectivity index (χ1) is 21.6. The number of rotatable bonds is 11. The van der Waals surface area contributed by atoms with Crippen molar-refractivity contribution >= 4 is 45.0 Å². The van der Waals surface area contributed by atoms with E-state index in [1.165, 1.54) is 0 Å². The number of urea groups is 1. The number of nitrogens with one attached hydrogen (secondary N) is 2. The molecule has 45 heavy (non-hydrogen) atoms. The van der Waals surface area contributed by atoms with Crippen LogP contribution in [-0.4, -0.2) is 49.5 Å². The third kappa shape index (κ3) is 8.41. The zero-order chi connectivity index (χ0) is 32.0. The molecule has 0 spiro atoms. The van der Waals surface area contributed by atoms with Crippen molar-refractivity contribution in [1.82, 2.24) is 15.3 Å². The molecule has 0 saturated carbocycles. The highest BCUT2D eigenvalue weighted by molar-refractivity contribution is 7.85. The number of hydroxylamine groups is 1. The van der Waals surface area contributed by atoms with Crippen molar-refractivity contribution in [2.75, 3.05) is 29.6 Å². The summed E-state index contributed by atoms with van der Waals surface area (Å²) in [4.78, 5) is 27.1. The first-order valence-electron chi connectivity index (χ1n) is 14.4. The van der Waals surface area contributed by atoms with E-state index in [1.807, 2.05) is 66.1 Å². The highest BCUT2D eigenvalue weighted by Gasteiger charge is 2.25. The fourth-order valence-electron chi connectivity index (χ4n) is 5.23. The lowest BCUT2D eigenvalue weighted by atomic mass is 9.93. The fourth-order valence-corrected chi connectivity index (χ4v) is 5.63. The molecule has 0 aliphatic carbocycles. The van der Waals surface area contributed by atoms with Crippen molar-refractivity contribution in [1.29, 1.82) is 0 Å². The number of halogens is 1. The van der Waals surface area contributed by atoms with E-state index in [-0.39, 0.29) is 5.91 Å². The van der Waals surface area contributed by atoms with E-state index < -0.39 is 16.1 Å². The van der Waals surface area contributed by atoms with Crippen molar-refractivity contribution in [2.24, 2.45) is 0 Å². The van der Waals surface area contributed by atoms with Crippen molar-refractivity contribution in [2.45, 2.75) is 39.2 Å². The Morgan fingerprint density at radius 1 is 1.09 bits per heavy atom. The summed E-state index contributed by atoms with van der Waals surface area (Å²) in [7, 11) is -3.82. The number of benzene rings is 3. The lowest BCUT2D eigenvalue weighted by molar-refractivity contribution is -0.118. The van der Waals surface area contributed by atoms with Crippen LogP contribution in [0.2, 0.25) is 5.02 Å². The molecule has 0 fully saturated rings. The number of hydrogen-bond donors (Lipinski definition) is 2. The quantitative estimate of drug-likeness (QED) is 0.157. The maximum atomic E-state index is 13.3. The Bertz CT molecular complexity index is 1810. The minimum Gasteiger partial charge on any atom is -0.493 e. The van der Waals surface area contributed by atoms with Gasteiger partial charge in [0.25, 0.3) is 10.1 Å². The molecule has 0 atom stereocenters. The van der Waals surface area contributed by atoms with Gasteiger partial charge in [-0.1, -0.05) is 41.9 Å². The number of ether oxygens (including phenoxy) is 1. The van der Waals surface area contributed by atoms with Crippen molar-refractivity contribution in [3.8, 4) is 16.9 Å². The Balaban J connectivity index is 1.21. The topological polar surface area (TPSA) is 132 Å². The van der Waals surface area contributed by atoms with Crippen molar-refractivity contribution < 1.29 is 27.0 Å². The number of nitrogens with zero attached hydrogens (tertiary/aromatic N) is 3. The molecule has 4 aromatic rings. The number of aromatic nitrogens is 2. The summed E-state index contributed by atoms with van der Waals surface area (Å²) in [6.45, 7) is 3.45. The minimum atomic E-state index is -3.82. The zero-order valence-electron chi connectivity index (χ0n) is 25.0. The molecule has 2 heterocycles. The van der Waals surface area contributed by atoms with Crippen LogP contribution in [0.25, 0.3) is 11.1 Å². The van der Waals surface area contributed by atoms with E-state index in [0.29, 0.717) is 43.2 Å². The van der Waals surface area contributed by atoms with E-state index in [1.54, 1.807) is 22.9 Å². The normalized spacial score (nSPS) is 12.8. The molecule has 236 valence electrons. The maximum Gasteiger partial charge on any atom is 0.344 e. The van der Waals surface area contributed by atoms with Crippen LogP contribution < -0.4 is 20.4 Å². The lowest BCUT2D eigenvalue weighted by Gasteiger charge is -2.31. The van der Waals surface area contributed by atoms with Gasteiger partial charge in [0.05, 0.1) is 25.6 Å². The number of anilines is 2. The van der Waals surface area contributed by atoms with Gasteiger partial charge in [-0.25, -0.2) is 4.79 Å². The van der Waals surface area contributed by atoms with Crippen LogP contribution >= 0.6 is 11.6 Å². The molecular formula is C32H34ClN5O6S. The van der Waals surface area contributed by atoms with Crippen LogP contribution in [0.15, 0.2) is 73.1 Å². The molecule has 0 saturated heterocycles. The van der Waals surface area contributed by atoms with Crippen LogP contribution in [0.3, 0.4) is 0 Å². The summed E-state index contributed by atoms with van der Waals surface area (Å²) in [5.74, 6) is 0.803. The lowest BCUT2D eigenvalue weighted by Crippen LogP contribution is -2.35. The summed E-state index contributed by atoms with van der Waals surface area (Å²) < 4.78 is 34.1. The molecule has 0 radical (unpaired) electrons. The molecule has 3 amide bonds. The summed E-state index contributed by atoms with van der Waals surface area (Å²) in [5.41, 5.74) is 8.08. The van der Waals surface area contributed by atoms with Crippen molar-refractivity contribution in [3.63, 3.8) is 0 Å². The molecule has 1 aliphatic rings. The van der Waals surface area contributed by atoms with Gasteiger partial charge in [-0.2, -0.15) is 19.0 Å². The predicted molar refractivity (Wildman–Crippen MR) is 173 cm³/mol. The van der Waals surface area contributed by atoms with Gasteiger partial charge in [0.1, 0.15) is 5.75 Å². The van der Waals surface area contributed by atoms with Gasteiger partial charge in [-0.15, -0.1) is 4.28 Å². The van der Waals surface area contributed by atoms with Gasteiger partial charge in [0.15, 0.2) is 0 Å². The smallest absolute Gasteiger partial charge is 0.344 e. The van der Waals surface area contributed by atoms with Gasteiger partial charge in [0, 0.05) is 46.7 Å². The number of hydrogen-bond acceptors (Lipinski definition) is 7. The van der Waals surface area contributed by atoms with E-state index in [4.69, 9.17) is 16.3 Å². The number of amides is 3. The summed E-state index contributed by atoms with van der Waals surface area (Å²) in [6.07, 6.45) is 7.29. The van der Waals surface area contributed by atoms with Gasteiger partial charge in [-0.3, -0.25) is 9.48 Å². The molecule has 1 aliphatic heterocycles. The molecular weight excluding hydrogens is 618 g/mol. The van der Waals surface area contributed by atoms with E-state index in [9.17, 15) is 18.0 Å². The molecule has 0 bridgehead atoms. The molecule has 13 heteroatoms. The SMILES string of the molecule is Cc1c(Cl)cccc1OCCCC(=O)N1CCCc2c(-c3cnn(Cc4cccc(NC(=O)NOS(C)(=O)=O)c4)c3)cccc21. The van der Waals surface area contributed by atoms with Gasteiger partial charge in [-0.05, 0) is 73.2 Å². The largest absolute Gasteiger partial charge is 0.493 e. The van der Waals surface area contributed by atoms with Crippen LogP contribution in [0.4, 0.5) is 16.2 Å². The molecule has 5 rings (SSSR count). The van der Waals surface area contributed by atoms with E-state index in [2.05, 4.69) is 20.8 Å². The summed E-state index contributed by atoms with van der Waals surface area (Å²) in [6, 6.07) is 17.9. The van der Waals surface area contributed by atoms with E-state index in [0.717, 1.165) is 58.4 Å². The second-order valence-corrected chi connectivity index (χ2v) is 12.7. The minimum absolute atomic E-state index is 0.0697. The number of carbonyl (C=O) groups is 2. The second kappa shape index (κ2) is 14.1. The van der Waals surface area contributed by atoms with Crippen LogP contribution in [0.5, 0.6) is 5.75 Å². The monoisotopic (exact) mass is 651 g/mol. The molecule has 3 aromatic carbocycles. The zero-order valence-corrected chi connectivity index (χ0v) is 26.5. The summed E-state index contributed by atoms with van der Waals surface area (Å²) >= 11 is 6.18. The number of fused-ring (bicyclic) bond motifs is 1. The fraction of sp³-hybridized carbons (Fsp3) is 0.281. The van der Waals surface area contributed by atoms with Gasteiger partial charge < -0.3 is 15.0 Å².